The monoisotopic (exact) mass is 206 g/mol. The number of nitrogens with zero attached hydrogens (tertiary/aromatic N) is 1. The minimum atomic E-state index is -0.306. The van der Waals surface area contributed by atoms with Crippen molar-refractivity contribution in [1.82, 2.24) is 4.57 Å². The molecule has 0 aliphatic heterocycles. The summed E-state index contributed by atoms with van der Waals surface area (Å²) in [7, 11) is 1.77. The third-order valence-corrected chi connectivity index (χ3v) is 2.48. The highest BCUT2D eigenvalue weighted by molar-refractivity contribution is 6.01. The van der Waals surface area contributed by atoms with E-state index >= 15 is 0 Å². The van der Waals surface area contributed by atoms with Crippen LogP contribution in [0.1, 0.15) is 10.5 Å². The summed E-state index contributed by atoms with van der Waals surface area (Å²) in [4.78, 5) is 11.4. The Morgan fingerprint density at radius 2 is 2.20 bits per heavy atom. The zero-order chi connectivity index (χ0) is 11.0. The Labute approximate surface area is 86.3 Å². The molecule has 3 nitrogen and oxygen atoms in total. The van der Waals surface area contributed by atoms with Crippen LogP contribution in [-0.2, 0) is 7.05 Å². The summed E-state index contributed by atoms with van der Waals surface area (Å²) < 4.78 is 14.7. The van der Waals surface area contributed by atoms with E-state index in [-0.39, 0.29) is 18.1 Å². The van der Waals surface area contributed by atoms with E-state index in [4.69, 9.17) is 5.73 Å². The predicted molar refractivity (Wildman–Crippen MR) is 56.3 cm³/mol. The Bertz CT molecular complexity index is 531. The average molecular weight is 206 g/mol. The number of carbonyl (C=O) groups is 1. The molecule has 2 N–H and O–H groups in total. The van der Waals surface area contributed by atoms with Gasteiger partial charge < -0.3 is 10.3 Å². The molecule has 0 saturated carbocycles. The van der Waals surface area contributed by atoms with Crippen LogP contribution in [0.2, 0.25) is 0 Å². The van der Waals surface area contributed by atoms with Crippen LogP contribution >= 0.6 is 0 Å². The van der Waals surface area contributed by atoms with Gasteiger partial charge in [-0.3, -0.25) is 4.79 Å². The van der Waals surface area contributed by atoms with Gasteiger partial charge in [-0.25, -0.2) is 4.39 Å². The fourth-order valence-corrected chi connectivity index (χ4v) is 1.69. The fourth-order valence-electron chi connectivity index (χ4n) is 1.69. The molecule has 0 radical (unpaired) electrons. The molecule has 0 unspecified atom stereocenters. The summed E-state index contributed by atoms with van der Waals surface area (Å²) in [5.74, 6) is -0.450. The SMILES string of the molecule is Cn1c(C(=O)CN)cc2cc(F)ccc21. The quantitative estimate of drug-likeness (QED) is 0.756. The molecular formula is C11H11FN2O. The lowest BCUT2D eigenvalue weighted by Crippen LogP contribution is -2.16. The number of carbonyl (C=O) groups excluding carboxylic acids is 1. The van der Waals surface area contributed by atoms with Crippen molar-refractivity contribution < 1.29 is 9.18 Å². The van der Waals surface area contributed by atoms with Gasteiger partial charge in [0.15, 0.2) is 5.78 Å². The van der Waals surface area contributed by atoms with E-state index in [0.717, 1.165) is 5.52 Å². The van der Waals surface area contributed by atoms with Gasteiger partial charge in [0.05, 0.1) is 12.2 Å². The van der Waals surface area contributed by atoms with Crippen LogP contribution in [-0.4, -0.2) is 16.9 Å². The van der Waals surface area contributed by atoms with Crippen molar-refractivity contribution in [2.75, 3.05) is 6.54 Å². The number of hydrogen-bond donors (Lipinski definition) is 1. The first-order chi connectivity index (χ1) is 7.13. The molecule has 1 heterocycles. The third kappa shape index (κ3) is 1.53. The first-order valence-electron chi connectivity index (χ1n) is 4.61. The van der Waals surface area contributed by atoms with Crippen molar-refractivity contribution in [2.45, 2.75) is 0 Å². The Morgan fingerprint density at radius 3 is 2.87 bits per heavy atom. The maximum absolute atomic E-state index is 12.9. The van der Waals surface area contributed by atoms with E-state index < -0.39 is 0 Å². The second-order valence-corrected chi connectivity index (χ2v) is 3.42. The third-order valence-electron chi connectivity index (χ3n) is 2.48. The van der Waals surface area contributed by atoms with E-state index in [0.29, 0.717) is 11.1 Å². The lowest BCUT2D eigenvalue weighted by Gasteiger charge is -2.00. The van der Waals surface area contributed by atoms with Gasteiger partial charge >= 0.3 is 0 Å². The normalized spacial score (nSPS) is 10.9. The Morgan fingerprint density at radius 1 is 1.47 bits per heavy atom. The summed E-state index contributed by atoms with van der Waals surface area (Å²) in [5.41, 5.74) is 6.63. The predicted octanol–water partition coefficient (Wildman–Crippen LogP) is 1.46. The van der Waals surface area contributed by atoms with Crippen LogP contribution in [0, 0.1) is 5.82 Å². The van der Waals surface area contributed by atoms with E-state index in [9.17, 15) is 9.18 Å². The van der Waals surface area contributed by atoms with Crippen molar-refractivity contribution in [1.29, 1.82) is 0 Å². The number of ketones is 1. The summed E-state index contributed by atoms with van der Waals surface area (Å²) in [5, 5.41) is 0.717. The standard InChI is InChI=1S/C11H11FN2O/c1-14-9-3-2-8(12)4-7(9)5-10(14)11(15)6-13/h2-5H,6,13H2,1H3. The first kappa shape index (κ1) is 9.86. The molecule has 0 aliphatic carbocycles. The fraction of sp³-hybridized carbons (Fsp3) is 0.182. The highest BCUT2D eigenvalue weighted by Crippen LogP contribution is 2.19. The molecule has 4 heteroatoms. The Balaban J connectivity index is 2.69. The van der Waals surface area contributed by atoms with Gasteiger partial charge in [-0.1, -0.05) is 0 Å². The summed E-state index contributed by atoms with van der Waals surface area (Å²) in [6.07, 6.45) is 0. The van der Waals surface area contributed by atoms with E-state index in [1.165, 1.54) is 12.1 Å². The number of Topliss-reactive ketones (excluding diaryl/α,β-unsaturated/α-hetero) is 1. The number of halogens is 1. The van der Waals surface area contributed by atoms with E-state index in [1.54, 1.807) is 23.7 Å². The van der Waals surface area contributed by atoms with Gasteiger partial charge in [0.1, 0.15) is 5.82 Å². The highest BCUT2D eigenvalue weighted by atomic mass is 19.1. The van der Waals surface area contributed by atoms with Gasteiger partial charge in [-0.2, -0.15) is 0 Å². The molecule has 78 valence electrons. The molecule has 0 amide bonds. The van der Waals surface area contributed by atoms with Crippen molar-refractivity contribution in [3.05, 3.63) is 35.8 Å². The van der Waals surface area contributed by atoms with Crippen LogP contribution in [0.25, 0.3) is 10.9 Å². The average Bonchev–Trinajstić information content (AvgIpc) is 2.54. The number of benzene rings is 1. The molecule has 1 aromatic heterocycles. The number of nitrogens with two attached hydrogens (primary N) is 1. The molecule has 0 aliphatic rings. The minimum Gasteiger partial charge on any atom is -0.341 e. The molecule has 0 atom stereocenters. The zero-order valence-electron chi connectivity index (χ0n) is 8.33. The van der Waals surface area contributed by atoms with Crippen LogP contribution in [0.5, 0.6) is 0 Å². The van der Waals surface area contributed by atoms with E-state index in [2.05, 4.69) is 0 Å². The number of fused-ring (bicyclic) bond motifs is 1. The largest absolute Gasteiger partial charge is 0.341 e. The molecule has 2 rings (SSSR count). The summed E-state index contributed by atoms with van der Waals surface area (Å²) in [6.45, 7) is -0.0351. The smallest absolute Gasteiger partial charge is 0.192 e. The molecule has 0 spiro atoms. The molecule has 0 saturated heterocycles. The number of aryl methyl sites for hydroxylation is 1. The van der Waals surface area contributed by atoms with Crippen LogP contribution in [0.15, 0.2) is 24.3 Å². The second kappa shape index (κ2) is 3.47. The van der Waals surface area contributed by atoms with Gasteiger partial charge in [0.2, 0.25) is 0 Å². The Hall–Kier alpha value is -1.68. The molecule has 2 aromatic rings. The molecule has 1 aromatic carbocycles. The van der Waals surface area contributed by atoms with Crippen LogP contribution in [0.3, 0.4) is 0 Å². The summed E-state index contributed by atoms with van der Waals surface area (Å²) in [6, 6.07) is 6.09. The number of rotatable bonds is 2. The van der Waals surface area contributed by atoms with Gasteiger partial charge in [-0.05, 0) is 24.3 Å². The van der Waals surface area contributed by atoms with Gasteiger partial charge in [0.25, 0.3) is 0 Å². The maximum Gasteiger partial charge on any atom is 0.192 e. The molecular weight excluding hydrogens is 195 g/mol. The number of hydrogen-bond acceptors (Lipinski definition) is 2. The second-order valence-electron chi connectivity index (χ2n) is 3.42. The Kier molecular flexibility index (Phi) is 2.28. The number of aromatic nitrogens is 1. The topological polar surface area (TPSA) is 48.0 Å². The van der Waals surface area contributed by atoms with Crippen molar-refractivity contribution in [3.63, 3.8) is 0 Å². The van der Waals surface area contributed by atoms with Crippen LogP contribution in [0.4, 0.5) is 4.39 Å². The van der Waals surface area contributed by atoms with Crippen molar-refractivity contribution in [3.8, 4) is 0 Å². The minimum absolute atomic E-state index is 0.0351. The lowest BCUT2D eigenvalue weighted by atomic mass is 10.2. The molecule has 0 bridgehead atoms. The lowest BCUT2D eigenvalue weighted by molar-refractivity contribution is 0.0994. The van der Waals surface area contributed by atoms with Gasteiger partial charge in [0, 0.05) is 18.0 Å². The van der Waals surface area contributed by atoms with Gasteiger partial charge in [-0.15, -0.1) is 0 Å². The maximum atomic E-state index is 12.9. The zero-order valence-corrected chi connectivity index (χ0v) is 8.33. The van der Waals surface area contributed by atoms with Crippen molar-refractivity contribution in [2.24, 2.45) is 12.8 Å². The highest BCUT2D eigenvalue weighted by Gasteiger charge is 2.11. The summed E-state index contributed by atoms with van der Waals surface area (Å²) >= 11 is 0. The van der Waals surface area contributed by atoms with E-state index in [1.807, 2.05) is 0 Å². The van der Waals surface area contributed by atoms with Crippen molar-refractivity contribution >= 4 is 16.7 Å². The molecule has 0 fully saturated rings. The first-order valence-corrected chi connectivity index (χ1v) is 4.61. The van der Waals surface area contributed by atoms with Crippen LogP contribution < -0.4 is 5.73 Å². The molecule has 15 heavy (non-hydrogen) atoms.